The monoisotopic (exact) mass is 409 g/mol. The van der Waals surface area contributed by atoms with Gasteiger partial charge in [-0.25, -0.2) is 0 Å². The smallest absolute Gasteiger partial charge is 0 e. The van der Waals surface area contributed by atoms with Crippen molar-refractivity contribution in [2.45, 2.75) is 19.4 Å². The maximum atomic E-state index is 11.6. The zero-order valence-electron chi connectivity index (χ0n) is 14.9. The molecule has 0 saturated heterocycles. The topological polar surface area (TPSA) is 89.2 Å². The molecule has 7 heteroatoms. The molecule has 2 rings (SSSR count). The molecule has 0 unspecified atom stereocenters. The van der Waals surface area contributed by atoms with Crippen molar-refractivity contribution >= 4 is 11.5 Å². The molecular weight excluding hydrogens is 390 g/mol. The first-order chi connectivity index (χ1) is 12.7. The van der Waals surface area contributed by atoms with Crippen molar-refractivity contribution in [1.82, 2.24) is 0 Å². The van der Waals surface area contributed by atoms with Crippen molar-refractivity contribution in [2.24, 2.45) is 0 Å². The summed E-state index contributed by atoms with van der Waals surface area (Å²) < 4.78 is 27.7. The van der Waals surface area contributed by atoms with E-state index in [2.05, 4.69) is 24.9 Å². The Bertz CT molecular complexity index is 658. The third-order valence-electron chi connectivity index (χ3n) is 3.20. The summed E-state index contributed by atoms with van der Waals surface area (Å²) in [6.07, 6.45) is 11.9. The van der Waals surface area contributed by atoms with Crippen LogP contribution < -0.4 is 9.64 Å². The molecule has 0 radical (unpaired) electrons. The van der Waals surface area contributed by atoms with E-state index < -0.39 is 0 Å². The van der Waals surface area contributed by atoms with E-state index in [1.54, 1.807) is 13.2 Å². The molecule has 1 atom stereocenters. The number of carbonyl (C=O) groups is 1. The molecule has 1 heterocycles. The zero-order valence-corrected chi connectivity index (χ0v) is 16.0. The van der Waals surface area contributed by atoms with Gasteiger partial charge in [-0.15, -0.1) is 0 Å². The molecule has 1 aromatic rings. The number of nitrogens with zero attached hydrogens (tertiary/aromatic N) is 1. The molecule has 0 bridgehead atoms. The number of anilines is 1. The molecule has 1 aromatic carbocycles. The van der Waals surface area contributed by atoms with Crippen LogP contribution >= 0.6 is 0 Å². The molecule has 0 aliphatic carbocycles. The van der Waals surface area contributed by atoms with Crippen LogP contribution in [0.25, 0.3) is 0 Å². The van der Waals surface area contributed by atoms with Gasteiger partial charge in [0.05, 0.1) is 13.2 Å². The van der Waals surface area contributed by atoms with Crippen molar-refractivity contribution in [3.8, 4) is 5.75 Å². The van der Waals surface area contributed by atoms with Crippen LogP contribution in [0.15, 0.2) is 60.8 Å². The summed E-state index contributed by atoms with van der Waals surface area (Å²) in [6.45, 7) is 15.5. The maximum absolute atomic E-state index is 11.6. The van der Waals surface area contributed by atoms with E-state index in [0.29, 0.717) is 6.42 Å². The summed E-state index contributed by atoms with van der Waals surface area (Å²) in [5, 5.41) is 0. The van der Waals surface area contributed by atoms with Gasteiger partial charge in [-0.05, 0) is 37.3 Å². The third-order valence-corrected chi connectivity index (χ3v) is 3.20. The fraction of sp³-hybridized carbons (Fsp3) is 0.200. The molecule has 0 N–H and O–H groups in total. The number of allylic oxidation sites excluding steroid dienone is 4. The summed E-state index contributed by atoms with van der Waals surface area (Å²) >= 11 is 0. The Kier molecular flexibility index (Phi) is 21.4. The first-order valence-electron chi connectivity index (χ1n) is 7.28. The molecule has 6 nitrogen and oxygen atoms in total. The van der Waals surface area contributed by atoms with Crippen molar-refractivity contribution in [1.29, 1.82) is 0 Å². The average Bonchev–Trinajstić information content (AvgIpc) is 2.73. The van der Waals surface area contributed by atoms with E-state index in [4.69, 9.17) is 18.7 Å². The molecule has 1 aliphatic heterocycles. The van der Waals surface area contributed by atoms with Gasteiger partial charge >= 0.3 is 33.9 Å². The minimum Gasteiger partial charge on any atom is 0 e. The van der Waals surface area contributed by atoms with Gasteiger partial charge in [-0.3, -0.25) is 4.79 Å². The average molecular weight is 409 g/mol. The van der Waals surface area contributed by atoms with Crippen LogP contribution in [0.5, 0.6) is 5.75 Å². The SMILES string of the molecule is C/C=C/C=C/[C@@H]1CC(=O)C=CN1c1ccc(OC)cc1.[C-]#[O+].[C-]#[O+].[C-]#[O+].[Fe]. The standard InChI is InChI=1S/C17H19NO2.3CO.Fe/c1-3-4-5-6-15-13-16(19)11-12-18(15)14-7-9-17(20-2)10-8-14;3*1-2;/h3-12,15H,13H2,1-2H3;;;;/b4-3+,6-5+;;;;/t15-;;;;/m1..../s1. The fourth-order valence-electron chi connectivity index (χ4n) is 2.14. The van der Waals surface area contributed by atoms with E-state index in [-0.39, 0.29) is 28.9 Å². The van der Waals surface area contributed by atoms with Gasteiger partial charge in [0, 0.05) is 35.4 Å². The third kappa shape index (κ3) is 10.9. The summed E-state index contributed by atoms with van der Waals surface area (Å²) in [4.78, 5) is 13.7. The van der Waals surface area contributed by atoms with Gasteiger partial charge in [-0.1, -0.05) is 24.3 Å². The van der Waals surface area contributed by atoms with Crippen LogP contribution in [-0.4, -0.2) is 18.9 Å². The summed E-state index contributed by atoms with van der Waals surface area (Å²) in [5.74, 6) is 0.983. The first kappa shape index (κ1) is 29.2. The maximum Gasteiger partial charge on any atom is 0 e. The van der Waals surface area contributed by atoms with Crippen LogP contribution in [0.4, 0.5) is 5.69 Å². The number of hydrogen-bond donors (Lipinski definition) is 0. The summed E-state index contributed by atoms with van der Waals surface area (Å²) in [6, 6.07) is 7.89. The second kappa shape index (κ2) is 19.8. The number of ketones is 1. The van der Waals surface area contributed by atoms with Crippen molar-refractivity contribution in [2.75, 3.05) is 12.0 Å². The zero-order chi connectivity index (χ0) is 20.4. The van der Waals surface area contributed by atoms with E-state index in [1.165, 1.54) is 0 Å². The van der Waals surface area contributed by atoms with Crippen LogP contribution in [0, 0.1) is 20.0 Å². The number of ether oxygens (including phenoxy) is 1. The molecule has 0 fully saturated rings. The van der Waals surface area contributed by atoms with Gasteiger partial charge in [0.15, 0.2) is 5.78 Å². The Balaban J connectivity index is -0.000000749. The number of rotatable bonds is 4. The van der Waals surface area contributed by atoms with Crippen molar-refractivity contribution in [3.63, 3.8) is 0 Å². The molecule has 27 heavy (non-hydrogen) atoms. The molecule has 0 amide bonds. The molecule has 0 spiro atoms. The Morgan fingerprint density at radius 3 is 2.11 bits per heavy atom. The molecule has 0 aromatic heterocycles. The van der Waals surface area contributed by atoms with E-state index in [0.717, 1.165) is 11.4 Å². The summed E-state index contributed by atoms with van der Waals surface area (Å²) in [5.41, 5.74) is 1.05. The van der Waals surface area contributed by atoms with E-state index in [9.17, 15) is 4.79 Å². The Hall–Kier alpha value is -2.55. The van der Waals surface area contributed by atoms with Gasteiger partial charge in [0.25, 0.3) is 0 Å². The summed E-state index contributed by atoms with van der Waals surface area (Å²) in [7, 11) is 1.65. The van der Waals surface area contributed by atoms with Gasteiger partial charge < -0.3 is 9.64 Å². The van der Waals surface area contributed by atoms with Crippen molar-refractivity contribution < 1.29 is 40.6 Å². The fourth-order valence-corrected chi connectivity index (χ4v) is 2.14. The number of benzene rings is 1. The molecule has 0 saturated carbocycles. The molecule has 142 valence electrons. The molecule has 1 aliphatic rings. The number of methoxy groups -OCH3 is 1. The van der Waals surface area contributed by atoms with Gasteiger partial charge in [0.1, 0.15) is 5.75 Å². The van der Waals surface area contributed by atoms with Gasteiger partial charge in [0.2, 0.25) is 0 Å². The number of carbonyl (C=O) groups excluding carboxylic acids is 1. The van der Waals surface area contributed by atoms with E-state index >= 15 is 0 Å². The van der Waals surface area contributed by atoms with Crippen LogP contribution in [-0.2, 0) is 35.8 Å². The number of hydrogen-bond acceptors (Lipinski definition) is 3. The van der Waals surface area contributed by atoms with E-state index in [1.807, 2.05) is 61.7 Å². The Morgan fingerprint density at radius 2 is 1.63 bits per heavy atom. The molecular formula is C20H19FeNO5. The predicted molar refractivity (Wildman–Crippen MR) is 93.8 cm³/mol. The van der Waals surface area contributed by atoms with Crippen LogP contribution in [0.1, 0.15) is 13.3 Å². The van der Waals surface area contributed by atoms with Gasteiger partial charge in [-0.2, -0.15) is 0 Å². The minimum atomic E-state index is 0. The van der Waals surface area contributed by atoms with Crippen molar-refractivity contribution in [3.05, 3.63) is 80.8 Å². The largest absolute Gasteiger partial charge is 0 e. The Labute approximate surface area is 170 Å². The second-order valence-corrected chi connectivity index (χ2v) is 4.57. The van der Waals surface area contributed by atoms with Crippen LogP contribution in [0.2, 0.25) is 0 Å². The first-order valence-corrected chi connectivity index (χ1v) is 7.28. The second-order valence-electron chi connectivity index (χ2n) is 4.57. The minimum absolute atomic E-state index is 0. The normalized spacial score (nSPS) is 14.4. The predicted octanol–water partition coefficient (Wildman–Crippen LogP) is 3.37. The Morgan fingerprint density at radius 1 is 1.07 bits per heavy atom. The van der Waals surface area contributed by atoms with Crippen LogP contribution in [0.3, 0.4) is 0 Å². The quantitative estimate of drug-likeness (QED) is 0.331.